The van der Waals surface area contributed by atoms with Crippen LogP contribution in [0.5, 0.6) is 0 Å². The number of methoxy groups -OCH3 is 1. The van der Waals surface area contributed by atoms with Gasteiger partial charge in [-0.25, -0.2) is 0 Å². The molecule has 1 aromatic heterocycles. The summed E-state index contributed by atoms with van der Waals surface area (Å²) >= 11 is 0. The number of pyridine rings is 1. The van der Waals surface area contributed by atoms with E-state index in [1.54, 1.807) is 13.3 Å². The Balaban J connectivity index is 1.24. The quantitative estimate of drug-likeness (QED) is 0.642. The molecule has 2 aliphatic heterocycles. The molecule has 6 nitrogen and oxygen atoms in total. The van der Waals surface area contributed by atoms with Crippen LogP contribution < -0.4 is 0 Å². The van der Waals surface area contributed by atoms with Crippen molar-refractivity contribution in [2.45, 2.75) is 62.6 Å². The Bertz CT molecular complexity index is 930. The predicted octanol–water partition coefficient (Wildman–Crippen LogP) is 3.89. The monoisotopic (exact) mass is 437 g/mol. The van der Waals surface area contributed by atoms with E-state index >= 15 is 0 Å². The minimum absolute atomic E-state index is 0.0667. The lowest BCUT2D eigenvalue weighted by Crippen LogP contribution is -2.75. The number of hydrogen-bond donors (Lipinski definition) is 0. The maximum absolute atomic E-state index is 13.3. The number of carbonyl (C=O) groups is 1. The molecule has 3 fully saturated rings. The molecule has 172 valence electrons. The molecule has 0 bridgehead atoms. The van der Waals surface area contributed by atoms with Crippen LogP contribution in [0, 0.1) is 0 Å². The minimum atomic E-state index is 0.0667. The topological polar surface area (TPSA) is 54.9 Å². The molecular weight excluding hydrogens is 402 g/mol. The molecule has 3 heterocycles. The number of likely N-dealkylation sites (tertiary alicyclic amines) is 2. The van der Waals surface area contributed by atoms with Gasteiger partial charge in [-0.15, -0.1) is 0 Å². The zero-order valence-electron chi connectivity index (χ0n) is 19.2. The lowest BCUT2D eigenvalue weighted by atomic mass is 9.69. The van der Waals surface area contributed by atoms with Crippen molar-refractivity contribution in [1.82, 2.24) is 14.8 Å². The Hall–Kier alpha value is -2.02. The number of benzene rings is 1. The standard InChI is InChI=1S/C26H35N3O3/c1-31-17-18-32-23-19-29(26(23)12-5-2-6-13-26)21-10-15-28(16-11-21)25(30)24-22-8-4-3-7-20(22)9-14-27-24/h3-4,7-9,14,21,23H,2,5-6,10-13,15-19H2,1H3. The normalized spacial score (nSPS) is 24.0. The summed E-state index contributed by atoms with van der Waals surface area (Å²) in [5.41, 5.74) is 0.792. The zero-order chi connectivity index (χ0) is 22.0. The van der Waals surface area contributed by atoms with Crippen molar-refractivity contribution in [3.8, 4) is 0 Å². The molecular formula is C26H35N3O3. The molecule has 1 atom stereocenters. The molecule has 1 aliphatic carbocycles. The summed E-state index contributed by atoms with van der Waals surface area (Å²) in [6.07, 6.45) is 10.6. The van der Waals surface area contributed by atoms with Crippen molar-refractivity contribution in [3.63, 3.8) is 0 Å². The van der Waals surface area contributed by atoms with Gasteiger partial charge in [0.25, 0.3) is 5.91 Å². The first-order valence-electron chi connectivity index (χ1n) is 12.2. The second kappa shape index (κ2) is 9.46. The van der Waals surface area contributed by atoms with E-state index in [9.17, 15) is 4.79 Å². The molecule has 1 amide bonds. The van der Waals surface area contributed by atoms with Crippen molar-refractivity contribution < 1.29 is 14.3 Å². The Labute approximate surface area is 190 Å². The van der Waals surface area contributed by atoms with Crippen molar-refractivity contribution in [3.05, 3.63) is 42.2 Å². The fourth-order valence-electron chi connectivity index (χ4n) is 6.19. The summed E-state index contributed by atoms with van der Waals surface area (Å²) in [7, 11) is 1.73. The molecule has 6 heteroatoms. The van der Waals surface area contributed by atoms with E-state index in [1.807, 2.05) is 35.2 Å². The van der Waals surface area contributed by atoms with Crippen molar-refractivity contribution in [1.29, 1.82) is 0 Å². The fraction of sp³-hybridized carbons (Fsp3) is 0.615. The van der Waals surface area contributed by atoms with Gasteiger partial charge in [-0.1, -0.05) is 43.5 Å². The number of piperidine rings is 1. The Kier molecular flexibility index (Phi) is 6.44. The molecule has 1 unspecified atom stereocenters. The first-order chi connectivity index (χ1) is 15.7. The van der Waals surface area contributed by atoms with Crippen LogP contribution in [-0.4, -0.2) is 78.3 Å². The number of fused-ring (bicyclic) bond motifs is 1. The number of carbonyl (C=O) groups excluding carboxylic acids is 1. The third kappa shape index (κ3) is 3.93. The lowest BCUT2D eigenvalue weighted by molar-refractivity contribution is -0.203. The van der Waals surface area contributed by atoms with E-state index in [0.29, 0.717) is 31.1 Å². The van der Waals surface area contributed by atoms with Crippen LogP contribution in [0.4, 0.5) is 0 Å². The number of amides is 1. The van der Waals surface area contributed by atoms with Gasteiger partial charge in [0, 0.05) is 49.9 Å². The van der Waals surface area contributed by atoms with Crippen LogP contribution in [0.1, 0.15) is 55.4 Å². The van der Waals surface area contributed by atoms with E-state index in [2.05, 4.69) is 9.88 Å². The summed E-state index contributed by atoms with van der Waals surface area (Å²) in [5, 5.41) is 2.02. The summed E-state index contributed by atoms with van der Waals surface area (Å²) in [6, 6.07) is 10.5. The molecule has 32 heavy (non-hydrogen) atoms. The maximum Gasteiger partial charge on any atom is 0.273 e. The van der Waals surface area contributed by atoms with Gasteiger partial charge in [-0.2, -0.15) is 0 Å². The highest BCUT2D eigenvalue weighted by Gasteiger charge is 2.56. The van der Waals surface area contributed by atoms with Gasteiger partial charge >= 0.3 is 0 Å². The maximum atomic E-state index is 13.3. The molecule has 2 aromatic rings. The van der Waals surface area contributed by atoms with E-state index in [1.165, 1.54) is 32.1 Å². The highest BCUT2D eigenvalue weighted by atomic mass is 16.5. The fourth-order valence-corrected chi connectivity index (χ4v) is 6.19. The average Bonchev–Trinajstić information content (AvgIpc) is 2.85. The average molecular weight is 438 g/mol. The van der Waals surface area contributed by atoms with Crippen molar-refractivity contribution in [2.24, 2.45) is 0 Å². The first kappa shape index (κ1) is 21.8. The smallest absolute Gasteiger partial charge is 0.273 e. The molecule has 1 spiro atoms. The Morgan fingerprint density at radius 2 is 1.88 bits per heavy atom. The third-order valence-corrected chi connectivity index (χ3v) is 7.93. The largest absolute Gasteiger partial charge is 0.382 e. The molecule has 2 saturated heterocycles. The van der Waals surface area contributed by atoms with Crippen LogP contribution in [0.25, 0.3) is 10.8 Å². The highest BCUT2D eigenvalue weighted by Crippen LogP contribution is 2.47. The molecule has 0 radical (unpaired) electrons. The van der Waals surface area contributed by atoms with E-state index in [4.69, 9.17) is 9.47 Å². The Morgan fingerprint density at radius 3 is 2.66 bits per heavy atom. The number of aromatic nitrogens is 1. The van der Waals surface area contributed by atoms with Crippen molar-refractivity contribution in [2.75, 3.05) is 40.0 Å². The van der Waals surface area contributed by atoms with Gasteiger partial charge in [0.1, 0.15) is 5.69 Å². The number of ether oxygens (including phenoxy) is 2. The number of hydrogen-bond acceptors (Lipinski definition) is 5. The summed E-state index contributed by atoms with van der Waals surface area (Å²) in [5.74, 6) is 0.0667. The Morgan fingerprint density at radius 1 is 1.09 bits per heavy atom. The molecule has 3 aliphatic rings. The van der Waals surface area contributed by atoms with Gasteiger partial charge < -0.3 is 14.4 Å². The summed E-state index contributed by atoms with van der Waals surface area (Å²) in [4.78, 5) is 22.5. The van der Waals surface area contributed by atoms with Gasteiger partial charge in [0.2, 0.25) is 0 Å². The van der Waals surface area contributed by atoms with Crippen LogP contribution in [0.15, 0.2) is 36.5 Å². The van der Waals surface area contributed by atoms with Crippen LogP contribution in [0.3, 0.4) is 0 Å². The second-order valence-corrected chi connectivity index (χ2v) is 9.57. The zero-order valence-corrected chi connectivity index (χ0v) is 19.2. The molecule has 0 N–H and O–H groups in total. The van der Waals surface area contributed by atoms with Gasteiger partial charge in [0.05, 0.1) is 19.3 Å². The lowest BCUT2D eigenvalue weighted by Gasteiger charge is -2.63. The van der Waals surface area contributed by atoms with Gasteiger partial charge in [-0.3, -0.25) is 14.7 Å². The summed E-state index contributed by atoms with van der Waals surface area (Å²) < 4.78 is 11.4. The van der Waals surface area contributed by atoms with Crippen LogP contribution in [0.2, 0.25) is 0 Å². The number of nitrogens with zero attached hydrogens (tertiary/aromatic N) is 3. The summed E-state index contributed by atoms with van der Waals surface area (Å²) in [6.45, 7) is 3.97. The highest BCUT2D eigenvalue weighted by molar-refractivity contribution is 6.05. The van der Waals surface area contributed by atoms with Gasteiger partial charge in [0.15, 0.2) is 0 Å². The van der Waals surface area contributed by atoms with E-state index in [-0.39, 0.29) is 11.4 Å². The third-order valence-electron chi connectivity index (χ3n) is 7.93. The SMILES string of the molecule is COCCOC1CN(C2CCN(C(=O)c3nccc4ccccc34)CC2)C12CCCCC2. The first-order valence-corrected chi connectivity index (χ1v) is 12.2. The molecule has 5 rings (SSSR count). The molecule has 1 saturated carbocycles. The van der Waals surface area contributed by atoms with Gasteiger partial charge in [-0.05, 0) is 37.1 Å². The van der Waals surface area contributed by atoms with E-state index in [0.717, 1.165) is 43.2 Å². The van der Waals surface area contributed by atoms with Crippen molar-refractivity contribution >= 4 is 16.7 Å². The van der Waals surface area contributed by atoms with E-state index < -0.39 is 0 Å². The number of rotatable bonds is 6. The molecule has 1 aromatic carbocycles. The second-order valence-electron chi connectivity index (χ2n) is 9.57. The van der Waals surface area contributed by atoms with Crippen LogP contribution in [-0.2, 0) is 9.47 Å². The minimum Gasteiger partial charge on any atom is -0.382 e. The predicted molar refractivity (Wildman–Crippen MR) is 125 cm³/mol. The van der Waals surface area contributed by atoms with Crippen LogP contribution >= 0.6 is 0 Å².